The highest BCUT2D eigenvalue weighted by atomic mass is 32.2. The topological polar surface area (TPSA) is 73.9 Å². The van der Waals surface area contributed by atoms with Crippen LogP contribution in [-0.4, -0.2) is 42.4 Å². The first-order valence-electron chi connectivity index (χ1n) is 6.36. The third kappa shape index (κ3) is 3.41. The molecule has 0 bridgehead atoms. The summed E-state index contributed by atoms with van der Waals surface area (Å²) in [4.78, 5) is 0.161. The van der Waals surface area contributed by atoms with E-state index in [1.807, 2.05) is 0 Å². The maximum absolute atomic E-state index is 12.2. The van der Waals surface area contributed by atoms with Crippen molar-refractivity contribution in [2.45, 2.75) is 11.3 Å². The molecule has 0 aliphatic carbocycles. The van der Waals surface area contributed by atoms with Gasteiger partial charge >= 0.3 is 0 Å². The van der Waals surface area contributed by atoms with Crippen LogP contribution in [0.25, 0.3) is 0 Å². The molecule has 1 aliphatic heterocycles. The first-order chi connectivity index (χ1) is 9.56. The molecule has 0 spiro atoms. The molecule has 0 unspecified atom stereocenters. The van der Waals surface area contributed by atoms with E-state index in [1.54, 1.807) is 6.07 Å². The predicted octanol–water partition coefficient (Wildman–Crippen LogP) is 1.02. The number of hydrogen-bond acceptors (Lipinski definition) is 5. The number of rotatable bonds is 6. The third-order valence-corrected chi connectivity index (χ3v) is 4.67. The van der Waals surface area contributed by atoms with Crippen LogP contribution in [0.3, 0.4) is 0 Å². The maximum atomic E-state index is 12.2. The summed E-state index contributed by atoms with van der Waals surface area (Å²) in [6.07, 6.45) is 0.883. The molecule has 0 saturated carbocycles. The Labute approximate surface area is 119 Å². The maximum Gasteiger partial charge on any atom is 0.240 e. The van der Waals surface area contributed by atoms with Crippen molar-refractivity contribution in [3.63, 3.8) is 0 Å². The molecule has 1 saturated heterocycles. The van der Waals surface area contributed by atoms with Crippen LogP contribution in [0.15, 0.2) is 23.1 Å². The molecule has 0 radical (unpaired) electrons. The van der Waals surface area contributed by atoms with Gasteiger partial charge in [-0.25, -0.2) is 13.1 Å². The Morgan fingerprint density at radius 3 is 2.65 bits per heavy atom. The van der Waals surface area contributed by atoms with Crippen LogP contribution in [0.2, 0.25) is 0 Å². The molecule has 0 aromatic heterocycles. The first-order valence-corrected chi connectivity index (χ1v) is 7.84. The number of methoxy groups -OCH3 is 2. The Balaban J connectivity index is 2.11. The van der Waals surface area contributed by atoms with Crippen molar-refractivity contribution in [1.29, 1.82) is 0 Å². The van der Waals surface area contributed by atoms with Crippen molar-refractivity contribution in [3.05, 3.63) is 18.2 Å². The van der Waals surface area contributed by atoms with Crippen molar-refractivity contribution in [2.75, 3.05) is 34.0 Å². The molecule has 6 nitrogen and oxygen atoms in total. The van der Waals surface area contributed by atoms with Gasteiger partial charge in [0, 0.05) is 19.2 Å². The van der Waals surface area contributed by atoms with Gasteiger partial charge in [-0.2, -0.15) is 0 Å². The third-order valence-electron chi connectivity index (χ3n) is 3.25. The lowest BCUT2D eigenvalue weighted by atomic mass is 10.1. The summed E-state index contributed by atoms with van der Waals surface area (Å²) in [5, 5.41) is 0. The van der Waals surface area contributed by atoms with Crippen LogP contribution in [0, 0.1) is 5.92 Å². The first kappa shape index (κ1) is 15.1. The zero-order valence-corrected chi connectivity index (χ0v) is 12.4. The van der Waals surface area contributed by atoms with E-state index in [1.165, 1.54) is 26.4 Å². The molecule has 1 atom stereocenters. The van der Waals surface area contributed by atoms with Gasteiger partial charge in [0.15, 0.2) is 11.5 Å². The quantitative estimate of drug-likeness (QED) is 0.849. The number of hydrogen-bond donors (Lipinski definition) is 1. The molecule has 1 aromatic carbocycles. The minimum Gasteiger partial charge on any atom is -0.493 e. The van der Waals surface area contributed by atoms with Crippen LogP contribution < -0.4 is 14.2 Å². The molecular formula is C13H19NO5S. The molecule has 1 fully saturated rings. The van der Waals surface area contributed by atoms with Crippen molar-refractivity contribution < 1.29 is 22.6 Å². The Bertz CT molecular complexity index is 552. The van der Waals surface area contributed by atoms with E-state index in [4.69, 9.17) is 14.2 Å². The molecule has 112 valence electrons. The standard InChI is InChI=1S/C13H19NO5S/c1-17-12-4-3-11(7-13(12)18-2)20(15,16)14-8-10-5-6-19-9-10/h3-4,7,10,14H,5-6,8-9H2,1-2H3/t10-/m0/s1. The smallest absolute Gasteiger partial charge is 0.240 e. The van der Waals surface area contributed by atoms with Crippen LogP contribution in [-0.2, 0) is 14.8 Å². The van der Waals surface area contributed by atoms with E-state index in [0.717, 1.165) is 6.42 Å². The normalized spacial score (nSPS) is 19.0. The predicted molar refractivity (Wildman–Crippen MR) is 73.7 cm³/mol. The lowest BCUT2D eigenvalue weighted by Gasteiger charge is -2.12. The van der Waals surface area contributed by atoms with E-state index >= 15 is 0 Å². The monoisotopic (exact) mass is 301 g/mol. The SMILES string of the molecule is COc1ccc(S(=O)(=O)NC[C@@H]2CCOC2)cc1OC. The number of benzene rings is 1. The number of nitrogens with one attached hydrogen (secondary N) is 1. The van der Waals surface area contributed by atoms with Crippen molar-refractivity contribution >= 4 is 10.0 Å². The average Bonchev–Trinajstić information content (AvgIpc) is 2.97. The minimum atomic E-state index is -3.55. The number of sulfonamides is 1. The van der Waals surface area contributed by atoms with E-state index in [-0.39, 0.29) is 10.8 Å². The van der Waals surface area contributed by atoms with Crippen molar-refractivity contribution in [2.24, 2.45) is 5.92 Å². The molecule has 1 aliphatic rings. The fraction of sp³-hybridized carbons (Fsp3) is 0.538. The highest BCUT2D eigenvalue weighted by molar-refractivity contribution is 7.89. The molecule has 1 heterocycles. The van der Waals surface area contributed by atoms with Gasteiger partial charge in [0.05, 0.1) is 25.7 Å². The van der Waals surface area contributed by atoms with Gasteiger partial charge in [-0.15, -0.1) is 0 Å². The highest BCUT2D eigenvalue weighted by Gasteiger charge is 2.21. The second-order valence-corrected chi connectivity index (χ2v) is 6.37. The second-order valence-electron chi connectivity index (χ2n) is 4.60. The Morgan fingerprint density at radius 2 is 2.05 bits per heavy atom. The van der Waals surface area contributed by atoms with Crippen molar-refractivity contribution in [1.82, 2.24) is 4.72 Å². The summed E-state index contributed by atoms with van der Waals surface area (Å²) < 4.78 is 42.4. The van der Waals surface area contributed by atoms with Gasteiger partial charge < -0.3 is 14.2 Å². The molecule has 7 heteroatoms. The Kier molecular flexibility index (Phi) is 4.85. The van der Waals surface area contributed by atoms with Crippen LogP contribution in [0.1, 0.15) is 6.42 Å². The molecule has 1 aromatic rings. The van der Waals surface area contributed by atoms with E-state index < -0.39 is 10.0 Å². The zero-order valence-electron chi connectivity index (χ0n) is 11.6. The van der Waals surface area contributed by atoms with E-state index in [9.17, 15) is 8.42 Å². The summed E-state index contributed by atoms with van der Waals surface area (Å²) in [6, 6.07) is 4.52. The minimum absolute atomic E-state index is 0.161. The Morgan fingerprint density at radius 1 is 1.30 bits per heavy atom. The summed E-state index contributed by atoms with van der Waals surface area (Å²) in [6.45, 7) is 1.69. The molecule has 0 amide bonds. The molecule has 2 rings (SSSR count). The molecule has 1 N–H and O–H groups in total. The summed E-state index contributed by atoms with van der Waals surface area (Å²) >= 11 is 0. The fourth-order valence-corrected chi connectivity index (χ4v) is 3.17. The summed E-state index contributed by atoms with van der Waals surface area (Å²) in [5.41, 5.74) is 0. The largest absolute Gasteiger partial charge is 0.493 e. The molecular weight excluding hydrogens is 282 g/mol. The zero-order chi connectivity index (χ0) is 14.6. The van der Waals surface area contributed by atoms with Gasteiger partial charge in [0.25, 0.3) is 0 Å². The second kappa shape index (κ2) is 6.43. The van der Waals surface area contributed by atoms with Crippen LogP contribution in [0.5, 0.6) is 11.5 Å². The average molecular weight is 301 g/mol. The lowest BCUT2D eigenvalue weighted by molar-refractivity contribution is 0.186. The van der Waals surface area contributed by atoms with Gasteiger partial charge in [0.1, 0.15) is 0 Å². The highest BCUT2D eigenvalue weighted by Crippen LogP contribution is 2.29. The van der Waals surface area contributed by atoms with Gasteiger partial charge in [-0.1, -0.05) is 0 Å². The molecule has 20 heavy (non-hydrogen) atoms. The summed E-state index contributed by atoms with van der Waals surface area (Å²) in [5.74, 6) is 1.13. The fourth-order valence-electron chi connectivity index (χ4n) is 2.04. The van der Waals surface area contributed by atoms with Gasteiger partial charge in [0.2, 0.25) is 10.0 Å². The summed E-state index contributed by atoms with van der Waals surface area (Å²) in [7, 11) is -0.572. The number of ether oxygens (including phenoxy) is 3. The Hall–Kier alpha value is -1.31. The van der Waals surface area contributed by atoms with Crippen LogP contribution in [0.4, 0.5) is 0 Å². The van der Waals surface area contributed by atoms with E-state index in [2.05, 4.69) is 4.72 Å². The van der Waals surface area contributed by atoms with Gasteiger partial charge in [-0.05, 0) is 24.5 Å². The lowest BCUT2D eigenvalue weighted by Crippen LogP contribution is -2.29. The van der Waals surface area contributed by atoms with Crippen LogP contribution >= 0.6 is 0 Å². The van der Waals surface area contributed by atoms with Gasteiger partial charge in [-0.3, -0.25) is 0 Å². The van der Waals surface area contributed by atoms with Crippen molar-refractivity contribution in [3.8, 4) is 11.5 Å². The van der Waals surface area contributed by atoms with E-state index in [0.29, 0.717) is 31.3 Å².